The Labute approximate surface area is 121 Å². The average Bonchev–Trinajstić information content (AvgIpc) is 2.46. The third-order valence-corrected chi connectivity index (χ3v) is 5.08. The molecular formula is C16H25NOS. The first-order valence-corrected chi connectivity index (χ1v) is 8.25. The second-order valence-electron chi connectivity index (χ2n) is 5.18. The van der Waals surface area contributed by atoms with Gasteiger partial charge >= 0.3 is 0 Å². The lowest BCUT2D eigenvalue weighted by Gasteiger charge is -2.32. The van der Waals surface area contributed by atoms with Crippen molar-refractivity contribution in [3.8, 4) is 5.75 Å². The van der Waals surface area contributed by atoms with Crippen LogP contribution in [0.4, 0.5) is 0 Å². The molecular weight excluding hydrogens is 254 g/mol. The SMILES string of the molecule is CCCNC1CCCCC1Sc1cccc(OC)c1. The van der Waals surface area contributed by atoms with Crippen molar-refractivity contribution < 1.29 is 4.74 Å². The normalized spacial score (nSPS) is 23.3. The highest BCUT2D eigenvalue weighted by Crippen LogP contribution is 2.35. The van der Waals surface area contributed by atoms with E-state index in [1.807, 2.05) is 17.8 Å². The zero-order valence-electron chi connectivity index (χ0n) is 12.0. The van der Waals surface area contributed by atoms with Crippen LogP contribution in [0.1, 0.15) is 39.0 Å². The lowest BCUT2D eigenvalue weighted by Crippen LogP contribution is -2.40. The Kier molecular flexibility index (Phi) is 6.05. The number of thioether (sulfide) groups is 1. The number of hydrogen-bond acceptors (Lipinski definition) is 3. The van der Waals surface area contributed by atoms with Crippen LogP contribution in [0, 0.1) is 0 Å². The van der Waals surface area contributed by atoms with Crippen LogP contribution in [0.5, 0.6) is 5.75 Å². The first kappa shape index (κ1) is 14.7. The summed E-state index contributed by atoms with van der Waals surface area (Å²) in [5.74, 6) is 0.957. The van der Waals surface area contributed by atoms with Gasteiger partial charge in [0.25, 0.3) is 0 Å². The highest BCUT2D eigenvalue weighted by molar-refractivity contribution is 8.00. The van der Waals surface area contributed by atoms with Crippen molar-refractivity contribution in [2.24, 2.45) is 0 Å². The number of ether oxygens (including phenoxy) is 1. The van der Waals surface area contributed by atoms with E-state index in [1.54, 1.807) is 7.11 Å². The van der Waals surface area contributed by atoms with Gasteiger partial charge in [0.2, 0.25) is 0 Å². The Morgan fingerprint density at radius 2 is 2.16 bits per heavy atom. The lowest BCUT2D eigenvalue weighted by atomic mass is 9.95. The fourth-order valence-corrected chi connectivity index (χ4v) is 4.02. The molecule has 0 amide bonds. The van der Waals surface area contributed by atoms with E-state index >= 15 is 0 Å². The minimum Gasteiger partial charge on any atom is -0.497 e. The Balaban J connectivity index is 1.97. The van der Waals surface area contributed by atoms with Gasteiger partial charge in [0, 0.05) is 16.2 Å². The van der Waals surface area contributed by atoms with Crippen LogP contribution in [0.25, 0.3) is 0 Å². The Morgan fingerprint density at radius 1 is 1.32 bits per heavy atom. The molecule has 2 atom stereocenters. The quantitative estimate of drug-likeness (QED) is 0.847. The van der Waals surface area contributed by atoms with E-state index in [9.17, 15) is 0 Å². The average molecular weight is 279 g/mol. The van der Waals surface area contributed by atoms with Crippen LogP contribution >= 0.6 is 11.8 Å². The van der Waals surface area contributed by atoms with E-state index in [0.29, 0.717) is 11.3 Å². The Bertz CT molecular complexity index is 383. The maximum atomic E-state index is 5.31. The zero-order valence-corrected chi connectivity index (χ0v) is 12.8. The smallest absolute Gasteiger partial charge is 0.119 e. The summed E-state index contributed by atoms with van der Waals surface area (Å²) in [5.41, 5.74) is 0. The molecule has 19 heavy (non-hydrogen) atoms. The van der Waals surface area contributed by atoms with E-state index in [-0.39, 0.29) is 0 Å². The molecule has 0 bridgehead atoms. The Morgan fingerprint density at radius 3 is 2.95 bits per heavy atom. The number of nitrogens with one attached hydrogen (secondary N) is 1. The molecule has 1 saturated carbocycles. The molecule has 0 radical (unpaired) electrons. The molecule has 0 spiro atoms. The van der Waals surface area contributed by atoms with Gasteiger partial charge in [0.1, 0.15) is 5.75 Å². The molecule has 1 aliphatic carbocycles. The molecule has 2 nitrogen and oxygen atoms in total. The van der Waals surface area contributed by atoms with Crippen LogP contribution < -0.4 is 10.1 Å². The summed E-state index contributed by atoms with van der Waals surface area (Å²) in [6.07, 6.45) is 6.60. The van der Waals surface area contributed by atoms with Gasteiger partial charge in [-0.25, -0.2) is 0 Å². The van der Waals surface area contributed by atoms with Crippen molar-refractivity contribution in [2.75, 3.05) is 13.7 Å². The fourth-order valence-electron chi connectivity index (χ4n) is 2.65. The van der Waals surface area contributed by atoms with Gasteiger partial charge in [0.15, 0.2) is 0 Å². The molecule has 1 aromatic rings. The summed E-state index contributed by atoms with van der Waals surface area (Å²) in [6, 6.07) is 9.11. The standard InChI is InChI=1S/C16H25NOS/c1-3-11-17-15-9-4-5-10-16(15)19-14-8-6-7-13(12-14)18-2/h6-8,12,15-17H,3-5,9-11H2,1-2H3. The molecule has 1 aliphatic rings. The van der Waals surface area contributed by atoms with Crippen molar-refractivity contribution in [3.63, 3.8) is 0 Å². The van der Waals surface area contributed by atoms with Crippen LogP contribution in [-0.4, -0.2) is 24.9 Å². The summed E-state index contributed by atoms with van der Waals surface area (Å²) in [5, 5.41) is 4.42. The first-order valence-electron chi connectivity index (χ1n) is 7.37. The summed E-state index contributed by atoms with van der Waals surface area (Å²) in [4.78, 5) is 1.33. The van der Waals surface area contributed by atoms with Gasteiger partial charge in [-0.3, -0.25) is 0 Å². The predicted octanol–water partition coefficient (Wildman–Crippen LogP) is 4.10. The molecule has 2 rings (SSSR count). The summed E-state index contributed by atoms with van der Waals surface area (Å²) in [6.45, 7) is 3.37. The molecule has 3 heteroatoms. The Hall–Kier alpha value is -0.670. The van der Waals surface area contributed by atoms with E-state index < -0.39 is 0 Å². The topological polar surface area (TPSA) is 21.3 Å². The minimum absolute atomic E-state index is 0.671. The van der Waals surface area contributed by atoms with E-state index in [0.717, 1.165) is 12.3 Å². The number of benzene rings is 1. The van der Waals surface area contributed by atoms with Gasteiger partial charge in [0.05, 0.1) is 7.11 Å². The molecule has 0 aliphatic heterocycles. The molecule has 2 unspecified atom stereocenters. The summed E-state index contributed by atoms with van der Waals surface area (Å²) in [7, 11) is 1.73. The van der Waals surface area contributed by atoms with Crippen LogP contribution in [0.2, 0.25) is 0 Å². The number of methoxy groups -OCH3 is 1. The van der Waals surface area contributed by atoms with Crippen molar-refractivity contribution in [3.05, 3.63) is 24.3 Å². The van der Waals surface area contributed by atoms with E-state index in [2.05, 4.69) is 30.4 Å². The molecule has 106 valence electrons. The van der Waals surface area contributed by atoms with Crippen molar-refractivity contribution in [1.29, 1.82) is 0 Å². The highest BCUT2D eigenvalue weighted by atomic mass is 32.2. The van der Waals surface area contributed by atoms with Crippen LogP contribution in [-0.2, 0) is 0 Å². The first-order chi connectivity index (χ1) is 9.33. The second-order valence-corrected chi connectivity index (χ2v) is 6.49. The second kappa shape index (κ2) is 7.81. The van der Waals surface area contributed by atoms with Crippen molar-refractivity contribution >= 4 is 11.8 Å². The van der Waals surface area contributed by atoms with Gasteiger partial charge in [-0.05, 0) is 44.0 Å². The van der Waals surface area contributed by atoms with Crippen molar-refractivity contribution in [2.45, 2.75) is 55.2 Å². The third kappa shape index (κ3) is 4.43. The molecule has 0 saturated heterocycles. The van der Waals surface area contributed by atoms with Gasteiger partial charge in [-0.15, -0.1) is 11.8 Å². The number of rotatable bonds is 6. The van der Waals surface area contributed by atoms with Gasteiger partial charge in [-0.1, -0.05) is 25.8 Å². The van der Waals surface area contributed by atoms with Crippen LogP contribution in [0.15, 0.2) is 29.2 Å². The molecule has 1 aromatic carbocycles. The van der Waals surface area contributed by atoms with Gasteiger partial charge in [-0.2, -0.15) is 0 Å². The third-order valence-electron chi connectivity index (χ3n) is 3.69. The van der Waals surface area contributed by atoms with Gasteiger partial charge < -0.3 is 10.1 Å². The summed E-state index contributed by atoms with van der Waals surface area (Å²) >= 11 is 2.01. The largest absolute Gasteiger partial charge is 0.497 e. The zero-order chi connectivity index (χ0) is 13.5. The molecule has 1 fully saturated rings. The molecule has 1 N–H and O–H groups in total. The molecule has 0 heterocycles. The molecule has 0 aromatic heterocycles. The highest BCUT2D eigenvalue weighted by Gasteiger charge is 2.25. The van der Waals surface area contributed by atoms with Crippen LogP contribution in [0.3, 0.4) is 0 Å². The monoisotopic (exact) mass is 279 g/mol. The maximum Gasteiger partial charge on any atom is 0.119 e. The summed E-state index contributed by atoms with van der Waals surface area (Å²) < 4.78 is 5.31. The fraction of sp³-hybridized carbons (Fsp3) is 0.625. The lowest BCUT2D eigenvalue weighted by molar-refractivity contribution is 0.384. The number of hydrogen-bond donors (Lipinski definition) is 1. The van der Waals surface area contributed by atoms with E-state index in [1.165, 1.54) is 37.0 Å². The maximum absolute atomic E-state index is 5.31. The minimum atomic E-state index is 0.671. The van der Waals surface area contributed by atoms with Crippen molar-refractivity contribution in [1.82, 2.24) is 5.32 Å². The van der Waals surface area contributed by atoms with E-state index in [4.69, 9.17) is 4.74 Å². The predicted molar refractivity (Wildman–Crippen MR) is 83.2 cm³/mol.